The first kappa shape index (κ1) is 15.7. The second-order valence-electron chi connectivity index (χ2n) is 4.75. The van der Waals surface area contributed by atoms with Crippen LogP contribution in [0.5, 0.6) is 5.75 Å². The fraction of sp³-hybridized carbons (Fsp3) is 0.462. The summed E-state index contributed by atoms with van der Waals surface area (Å²) in [6, 6.07) is 3.91. The highest BCUT2D eigenvalue weighted by molar-refractivity contribution is 7.89. The Balaban J connectivity index is 2.17. The molecule has 8 heteroatoms. The lowest BCUT2D eigenvalue weighted by Gasteiger charge is -2.13. The van der Waals surface area contributed by atoms with E-state index in [2.05, 4.69) is 5.32 Å². The van der Waals surface area contributed by atoms with Gasteiger partial charge >= 0.3 is 0 Å². The summed E-state index contributed by atoms with van der Waals surface area (Å²) >= 11 is 0. The molecule has 0 saturated carbocycles. The molecule has 21 heavy (non-hydrogen) atoms. The molecule has 0 aromatic heterocycles. The van der Waals surface area contributed by atoms with Gasteiger partial charge < -0.3 is 14.8 Å². The first-order valence-electron chi connectivity index (χ1n) is 6.52. The van der Waals surface area contributed by atoms with Crippen LogP contribution in [-0.4, -0.2) is 40.7 Å². The summed E-state index contributed by atoms with van der Waals surface area (Å²) in [4.78, 5) is 12.0. The topological polar surface area (TPSA) is 108 Å². The third kappa shape index (κ3) is 3.93. The normalized spacial score (nSPS) is 18.5. The minimum atomic E-state index is -3.87. The predicted octanol–water partition coefficient (Wildman–Crippen LogP) is 0.251. The van der Waals surface area contributed by atoms with Gasteiger partial charge in [0.2, 0.25) is 10.0 Å². The second kappa shape index (κ2) is 6.42. The minimum Gasteiger partial charge on any atom is -0.496 e. The van der Waals surface area contributed by atoms with Crippen LogP contribution < -0.4 is 15.2 Å². The monoisotopic (exact) mass is 314 g/mol. The van der Waals surface area contributed by atoms with E-state index in [1.165, 1.54) is 25.3 Å². The van der Waals surface area contributed by atoms with E-state index in [1.807, 2.05) is 0 Å². The molecule has 1 fully saturated rings. The Labute approximate surface area is 123 Å². The number of sulfonamides is 1. The number of hydrogen-bond acceptors (Lipinski definition) is 5. The number of rotatable bonds is 5. The van der Waals surface area contributed by atoms with Crippen LogP contribution in [0.3, 0.4) is 0 Å². The molecule has 1 saturated heterocycles. The number of carbonyl (C=O) groups is 1. The van der Waals surface area contributed by atoms with Gasteiger partial charge in [0, 0.05) is 13.2 Å². The predicted molar refractivity (Wildman–Crippen MR) is 75.7 cm³/mol. The molecule has 3 N–H and O–H groups in total. The fourth-order valence-electron chi connectivity index (χ4n) is 2.15. The van der Waals surface area contributed by atoms with Crippen LogP contribution in [0.15, 0.2) is 23.1 Å². The van der Waals surface area contributed by atoms with Gasteiger partial charge in [-0.25, -0.2) is 13.6 Å². The van der Waals surface area contributed by atoms with Crippen LogP contribution in [0, 0.1) is 0 Å². The standard InChI is InChI=1S/C13H18N2O5S/c1-19-12-5-4-10(21(14,17)18)7-11(12)13(16)15-8-9-3-2-6-20-9/h4-5,7,9H,2-3,6,8H2,1H3,(H,15,16)(H2,14,17,18). The molecular weight excluding hydrogens is 296 g/mol. The molecule has 0 aliphatic carbocycles. The lowest BCUT2D eigenvalue weighted by molar-refractivity contribution is 0.0855. The summed E-state index contributed by atoms with van der Waals surface area (Å²) in [5.74, 6) is -0.139. The number of benzene rings is 1. The fourth-order valence-corrected chi connectivity index (χ4v) is 2.69. The molecule has 116 valence electrons. The van der Waals surface area contributed by atoms with Crippen molar-refractivity contribution in [1.82, 2.24) is 5.32 Å². The van der Waals surface area contributed by atoms with E-state index < -0.39 is 15.9 Å². The molecule has 1 aromatic rings. The molecule has 1 aromatic carbocycles. The number of methoxy groups -OCH3 is 1. The summed E-state index contributed by atoms with van der Waals surface area (Å²) in [6.07, 6.45) is 1.88. The van der Waals surface area contributed by atoms with Gasteiger partial charge in [-0.2, -0.15) is 0 Å². The Bertz CT molecular complexity index is 623. The molecule has 1 amide bonds. The van der Waals surface area contributed by atoms with E-state index >= 15 is 0 Å². The maximum atomic E-state index is 12.2. The zero-order valence-corrected chi connectivity index (χ0v) is 12.5. The highest BCUT2D eigenvalue weighted by atomic mass is 32.2. The van der Waals surface area contributed by atoms with Gasteiger partial charge in [-0.3, -0.25) is 4.79 Å². The number of nitrogens with two attached hydrogens (primary N) is 1. The molecule has 0 bridgehead atoms. The number of primary sulfonamides is 1. The lowest BCUT2D eigenvalue weighted by Crippen LogP contribution is -2.32. The number of nitrogens with one attached hydrogen (secondary N) is 1. The molecule has 1 aliphatic heterocycles. The van der Waals surface area contributed by atoms with E-state index in [0.29, 0.717) is 13.2 Å². The molecule has 1 heterocycles. The summed E-state index contributed by atoms with van der Waals surface area (Å²) in [7, 11) is -2.47. The van der Waals surface area contributed by atoms with Gasteiger partial charge in [0.25, 0.3) is 5.91 Å². The van der Waals surface area contributed by atoms with E-state index in [0.717, 1.165) is 12.8 Å². The van der Waals surface area contributed by atoms with Crippen molar-refractivity contribution in [1.29, 1.82) is 0 Å². The Hall–Kier alpha value is -1.64. The van der Waals surface area contributed by atoms with Crippen LogP contribution in [-0.2, 0) is 14.8 Å². The van der Waals surface area contributed by atoms with Gasteiger partial charge in [0.05, 0.1) is 23.7 Å². The van der Waals surface area contributed by atoms with E-state index in [4.69, 9.17) is 14.6 Å². The van der Waals surface area contributed by atoms with Gasteiger partial charge in [-0.05, 0) is 31.0 Å². The number of ether oxygens (including phenoxy) is 2. The zero-order valence-electron chi connectivity index (χ0n) is 11.7. The van der Waals surface area contributed by atoms with Crippen LogP contribution in [0.25, 0.3) is 0 Å². The largest absolute Gasteiger partial charge is 0.496 e. The summed E-state index contributed by atoms with van der Waals surface area (Å²) < 4.78 is 33.2. The first-order chi connectivity index (χ1) is 9.91. The molecular formula is C13H18N2O5S. The van der Waals surface area contributed by atoms with Crippen molar-refractivity contribution < 1.29 is 22.7 Å². The van der Waals surface area contributed by atoms with Crippen LogP contribution >= 0.6 is 0 Å². The van der Waals surface area contributed by atoms with E-state index in [-0.39, 0.29) is 22.3 Å². The van der Waals surface area contributed by atoms with Crippen LogP contribution in [0.4, 0.5) is 0 Å². The summed E-state index contributed by atoms with van der Waals surface area (Å²) in [6.45, 7) is 1.08. The Morgan fingerprint density at radius 3 is 2.86 bits per heavy atom. The van der Waals surface area contributed by atoms with E-state index in [1.54, 1.807) is 0 Å². The average molecular weight is 314 g/mol. The average Bonchev–Trinajstić information content (AvgIpc) is 2.96. The highest BCUT2D eigenvalue weighted by Crippen LogP contribution is 2.22. The number of hydrogen-bond donors (Lipinski definition) is 2. The minimum absolute atomic E-state index is 0.00127. The smallest absolute Gasteiger partial charge is 0.255 e. The molecule has 1 atom stereocenters. The molecule has 1 aliphatic rings. The molecule has 7 nitrogen and oxygen atoms in total. The van der Waals surface area contributed by atoms with Gasteiger partial charge in [-0.1, -0.05) is 0 Å². The van der Waals surface area contributed by atoms with Crippen molar-refractivity contribution in [3.63, 3.8) is 0 Å². The van der Waals surface area contributed by atoms with Gasteiger partial charge in [0.15, 0.2) is 0 Å². The maximum absolute atomic E-state index is 12.2. The third-order valence-corrected chi connectivity index (χ3v) is 4.17. The Morgan fingerprint density at radius 1 is 1.52 bits per heavy atom. The number of carbonyl (C=O) groups excluding carboxylic acids is 1. The van der Waals surface area contributed by atoms with Crippen molar-refractivity contribution in [2.75, 3.05) is 20.3 Å². The maximum Gasteiger partial charge on any atom is 0.255 e. The second-order valence-corrected chi connectivity index (χ2v) is 6.31. The SMILES string of the molecule is COc1ccc(S(N)(=O)=O)cc1C(=O)NCC1CCCO1. The summed E-state index contributed by atoms with van der Waals surface area (Å²) in [5.41, 5.74) is 0.127. The van der Waals surface area contributed by atoms with Crippen molar-refractivity contribution in [3.8, 4) is 5.75 Å². The van der Waals surface area contributed by atoms with Gasteiger partial charge in [0.1, 0.15) is 5.75 Å². The van der Waals surface area contributed by atoms with Gasteiger partial charge in [-0.15, -0.1) is 0 Å². The van der Waals surface area contributed by atoms with Crippen molar-refractivity contribution in [2.24, 2.45) is 5.14 Å². The summed E-state index contributed by atoms with van der Waals surface area (Å²) in [5, 5.41) is 7.79. The van der Waals surface area contributed by atoms with Crippen molar-refractivity contribution in [3.05, 3.63) is 23.8 Å². The van der Waals surface area contributed by atoms with Crippen molar-refractivity contribution in [2.45, 2.75) is 23.8 Å². The molecule has 1 unspecified atom stereocenters. The zero-order chi connectivity index (χ0) is 15.5. The quantitative estimate of drug-likeness (QED) is 0.810. The number of amides is 1. The Kier molecular flexibility index (Phi) is 4.81. The lowest BCUT2D eigenvalue weighted by atomic mass is 10.1. The highest BCUT2D eigenvalue weighted by Gasteiger charge is 2.20. The molecule has 2 rings (SSSR count). The van der Waals surface area contributed by atoms with Crippen LogP contribution in [0.2, 0.25) is 0 Å². The first-order valence-corrected chi connectivity index (χ1v) is 8.07. The molecule has 0 spiro atoms. The van der Waals surface area contributed by atoms with E-state index in [9.17, 15) is 13.2 Å². The third-order valence-electron chi connectivity index (χ3n) is 3.26. The Morgan fingerprint density at radius 2 is 2.29 bits per heavy atom. The van der Waals surface area contributed by atoms with Crippen molar-refractivity contribution >= 4 is 15.9 Å². The molecule has 0 radical (unpaired) electrons. The van der Waals surface area contributed by atoms with Crippen LogP contribution in [0.1, 0.15) is 23.2 Å².